The summed E-state index contributed by atoms with van der Waals surface area (Å²) in [4.78, 5) is 11.1. The van der Waals surface area contributed by atoms with Gasteiger partial charge in [-0.15, -0.1) is 11.3 Å². The number of fused-ring (bicyclic) bond motifs is 15. The van der Waals surface area contributed by atoms with Crippen molar-refractivity contribution in [3.05, 3.63) is 152 Å². The Morgan fingerprint density at radius 2 is 1.06 bits per heavy atom. The number of thiophene rings is 1. The van der Waals surface area contributed by atoms with Gasteiger partial charge in [-0.05, 0) is 62.6 Å². The van der Waals surface area contributed by atoms with Crippen LogP contribution in [-0.2, 0) is 0 Å². The van der Waals surface area contributed by atoms with Crippen molar-refractivity contribution >= 4 is 108 Å². The number of nitrogens with zero attached hydrogens (tertiary/aromatic N) is 3. The number of para-hydroxylation sites is 1. The summed E-state index contributed by atoms with van der Waals surface area (Å²) in [5.41, 5.74) is 6.67. The Morgan fingerprint density at radius 1 is 0.490 bits per heavy atom. The van der Waals surface area contributed by atoms with E-state index >= 15 is 0 Å². The number of hydrogen-bond donors (Lipinski definition) is 0. The molecule has 0 fully saturated rings. The molecule has 0 aliphatic carbocycles. The van der Waals surface area contributed by atoms with Gasteiger partial charge in [0.15, 0.2) is 0 Å². The van der Waals surface area contributed by atoms with Crippen molar-refractivity contribution < 1.29 is 4.42 Å². The third kappa shape index (κ3) is 3.68. The molecule has 0 saturated carbocycles. The van der Waals surface area contributed by atoms with E-state index in [0.29, 0.717) is 5.95 Å². The average Bonchev–Trinajstić information content (AvgIpc) is 3.87. The number of rotatable bonds is 2. The minimum absolute atomic E-state index is 0.643. The third-order valence-corrected chi connectivity index (χ3v) is 11.7. The molecule has 236 valence electrons. The van der Waals surface area contributed by atoms with Crippen molar-refractivity contribution in [3.63, 3.8) is 0 Å². The monoisotopic (exact) mass is 667 g/mol. The Morgan fingerprint density at radius 3 is 1.76 bits per heavy atom. The van der Waals surface area contributed by atoms with Gasteiger partial charge in [0.05, 0.1) is 26.9 Å². The second-order valence-corrected chi connectivity index (χ2v) is 14.3. The van der Waals surface area contributed by atoms with Crippen LogP contribution in [0, 0.1) is 0 Å². The Kier molecular flexibility index (Phi) is 5.35. The van der Waals surface area contributed by atoms with Crippen molar-refractivity contribution in [3.8, 4) is 17.2 Å². The zero-order valence-corrected chi connectivity index (χ0v) is 27.9. The predicted octanol–water partition coefficient (Wildman–Crippen LogP) is 13.0. The highest BCUT2D eigenvalue weighted by Gasteiger charge is 2.24. The maximum Gasteiger partial charge on any atom is 0.235 e. The summed E-state index contributed by atoms with van der Waals surface area (Å²) in [6, 6.07) is 54.0. The number of aromatic nitrogens is 3. The van der Waals surface area contributed by atoms with Gasteiger partial charge in [-0.2, -0.15) is 0 Å². The predicted molar refractivity (Wildman–Crippen MR) is 214 cm³/mol. The SMILES string of the molecule is c1ccc2c(c1)cc(-c1nc(-n3c4ccc5ccccc5c4c4c5ccccc5ccc43)nc3c1sc1ccccc13)c1oc3ccccc3c12. The van der Waals surface area contributed by atoms with Gasteiger partial charge in [0.1, 0.15) is 11.2 Å². The van der Waals surface area contributed by atoms with Crippen LogP contribution in [0.3, 0.4) is 0 Å². The summed E-state index contributed by atoms with van der Waals surface area (Å²) in [6.45, 7) is 0. The Bertz CT molecular complexity index is 3350. The maximum absolute atomic E-state index is 6.77. The Hall–Kier alpha value is -6.56. The lowest BCUT2D eigenvalue weighted by molar-refractivity contribution is 0.670. The summed E-state index contributed by atoms with van der Waals surface area (Å²) in [6.07, 6.45) is 0. The van der Waals surface area contributed by atoms with Crippen LogP contribution in [0.5, 0.6) is 0 Å². The molecule has 0 unspecified atom stereocenters. The molecule has 0 atom stereocenters. The van der Waals surface area contributed by atoms with E-state index in [2.05, 4.69) is 150 Å². The summed E-state index contributed by atoms with van der Waals surface area (Å²) in [5.74, 6) is 0.643. The molecule has 4 heterocycles. The molecule has 0 N–H and O–H groups in total. The molecule has 4 aromatic heterocycles. The normalized spacial score (nSPS) is 12.3. The first-order valence-electron chi connectivity index (χ1n) is 17.2. The van der Waals surface area contributed by atoms with Crippen LogP contribution in [0.4, 0.5) is 0 Å². The van der Waals surface area contributed by atoms with Crippen molar-refractivity contribution in [1.29, 1.82) is 0 Å². The molecule has 0 bridgehead atoms. The van der Waals surface area contributed by atoms with Crippen LogP contribution < -0.4 is 0 Å². The van der Waals surface area contributed by atoms with E-state index in [-0.39, 0.29) is 0 Å². The van der Waals surface area contributed by atoms with Crippen LogP contribution in [0.1, 0.15) is 0 Å². The first-order valence-corrected chi connectivity index (χ1v) is 18.0. The Balaban J connectivity index is 1.28. The van der Waals surface area contributed by atoms with Gasteiger partial charge in [-0.3, -0.25) is 4.57 Å². The molecule has 0 aliphatic heterocycles. The van der Waals surface area contributed by atoms with Gasteiger partial charge >= 0.3 is 0 Å². The van der Waals surface area contributed by atoms with Crippen molar-refractivity contribution in [2.45, 2.75) is 0 Å². The number of furan rings is 1. The van der Waals surface area contributed by atoms with Crippen LogP contribution in [0.2, 0.25) is 0 Å². The van der Waals surface area contributed by atoms with Crippen molar-refractivity contribution in [1.82, 2.24) is 14.5 Å². The largest absolute Gasteiger partial charge is 0.455 e. The highest BCUT2D eigenvalue weighted by atomic mass is 32.1. The van der Waals surface area contributed by atoms with Crippen LogP contribution >= 0.6 is 11.3 Å². The van der Waals surface area contributed by atoms with E-state index in [0.717, 1.165) is 65.2 Å². The van der Waals surface area contributed by atoms with Crippen molar-refractivity contribution in [2.24, 2.45) is 0 Å². The molecule has 8 aromatic carbocycles. The van der Waals surface area contributed by atoms with E-state index in [4.69, 9.17) is 14.4 Å². The zero-order chi connectivity index (χ0) is 33.2. The third-order valence-electron chi connectivity index (χ3n) is 10.6. The topological polar surface area (TPSA) is 43.9 Å². The molecule has 0 aliphatic rings. The molecule has 12 aromatic rings. The lowest BCUT2D eigenvalue weighted by Gasteiger charge is -2.12. The van der Waals surface area contributed by atoms with E-state index < -0.39 is 0 Å². The molecular formula is C46H25N3OS. The molecular weight excluding hydrogens is 643 g/mol. The van der Waals surface area contributed by atoms with E-state index in [9.17, 15) is 0 Å². The minimum Gasteiger partial charge on any atom is -0.455 e. The summed E-state index contributed by atoms with van der Waals surface area (Å²) >= 11 is 1.74. The standard InChI is InChI=1S/C46H25N3OS/c1-4-14-29-26(11-1)21-23-35-40(29)41-30-15-5-2-12-27(30)22-24-36(41)49(35)46-47-42-33-18-8-10-20-38(33)51-45(42)43(48-46)34-25-28-13-3-6-16-31(28)39-32-17-7-9-19-37(32)50-44(34)39/h1-25H. The molecule has 0 saturated heterocycles. The van der Waals surface area contributed by atoms with Gasteiger partial charge in [0.25, 0.3) is 0 Å². The lowest BCUT2D eigenvalue weighted by atomic mass is 9.98. The summed E-state index contributed by atoms with van der Waals surface area (Å²) in [5, 5.41) is 12.9. The fourth-order valence-corrected chi connectivity index (χ4v) is 9.52. The highest BCUT2D eigenvalue weighted by molar-refractivity contribution is 7.26. The van der Waals surface area contributed by atoms with Gasteiger partial charge in [0.2, 0.25) is 5.95 Å². The quantitative estimate of drug-likeness (QED) is 0.184. The number of benzene rings is 8. The van der Waals surface area contributed by atoms with Gasteiger partial charge < -0.3 is 4.42 Å². The average molecular weight is 668 g/mol. The Labute approximate surface area is 294 Å². The molecule has 0 spiro atoms. The van der Waals surface area contributed by atoms with Crippen LogP contribution in [0.15, 0.2) is 156 Å². The van der Waals surface area contributed by atoms with Crippen molar-refractivity contribution in [2.75, 3.05) is 0 Å². The second-order valence-electron chi connectivity index (χ2n) is 13.3. The van der Waals surface area contributed by atoms with Gasteiger partial charge in [0, 0.05) is 37.2 Å². The van der Waals surface area contributed by atoms with E-state index in [1.807, 2.05) is 6.07 Å². The van der Waals surface area contributed by atoms with Crippen LogP contribution in [-0.4, -0.2) is 14.5 Å². The fourth-order valence-electron chi connectivity index (χ4n) is 8.38. The van der Waals surface area contributed by atoms with E-state index in [1.54, 1.807) is 11.3 Å². The van der Waals surface area contributed by atoms with Crippen LogP contribution in [0.25, 0.3) is 114 Å². The van der Waals surface area contributed by atoms with Gasteiger partial charge in [-0.1, -0.05) is 121 Å². The molecule has 0 radical (unpaired) electrons. The molecule has 51 heavy (non-hydrogen) atoms. The summed E-state index contributed by atoms with van der Waals surface area (Å²) < 4.78 is 11.3. The number of hydrogen-bond acceptors (Lipinski definition) is 4. The first-order chi connectivity index (χ1) is 25.3. The molecule has 0 amide bonds. The maximum atomic E-state index is 6.77. The highest BCUT2D eigenvalue weighted by Crippen LogP contribution is 2.46. The molecule has 12 rings (SSSR count). The summed E-state index contributed by atoms with van der Waals surface area (Å²) in [7, 11) is 0. The smallest absolute Gasteiger partial charge is 0.235 e. The lowest BCUT2D eigenvalue weighted by Crippen LogP contribution is -2.03. The first kappa shape index (κ1) is 27.3. The molecule has 5 heteroatoms. The molecule has 4 nitrogen and oxygen atoms in total. The minimum atomic E-state index is 0.643. The fraction of sp³-hybridized carbons (Fsp3) is 0. The zero-order valence-electron chi connectivity index (χ0n) is 27.1. The van der Waals surface area contributed by atoms with E-state index in [1.165, 1.54) is 42.4 Å². The second kappa shape index (κ2) is 10.0. The van der Waals surface area contributed by atoms with Gasteiger partial charge in [-0.25, -0.2) is 9.97 Å².